The van der Waals surface area contributed by atoms with Gasteiger partial charge in [-0.1, -0.05) is 30.3 Å². The van der Waals surface area contributed by atoms with Gasteiger partial charge in [-0.2, -0.15) is 0 Å². The number of benzene rings is 1. The van der Waals surface area contributed by atoms with Gasteiger partial charge in [0.1, 0.15) is 5.78 Å². The van der Waals surface area contributed by atoms with Crippen molar-refractivity contribution in [1.82, 2.24) is 0 Å². The SMILES string of the molecule is O=C([O-])[C@H]1CCC(=O)[C@@H]1Cc1ccccc1. The first-order chi connectivity index (χ1) is 7.68. The molecule has 16 heavy (non-hydrogen) atoms. The van der Waals surface area contributed by atoms with E-state index in [2.05, 4.69) is 0 Å². The maximum absolute atomic E-state index is 11.6. The van der Waals surface area contributed by atoms with Crippen LogP contribution in [0.3, 0.4) is 0 Å². The number of hydrogen-bond donors (Lipinski definition) is 0. The fourth-order valence-electron chi connectivity index (χ4n) is 2.31. The molecule has 0 heterocycles. The van der Waals surface area contributed by atoms with Crippen molar-refractivity contribution < 1.29 is 14.7 Å². The topological polar surface area (TPSA) is 57.2 Å². The predicted octanol–water partition coefficient (Wildman–Crippen LogP) is 0.574. The second-order valence-electron chi connectivity index (χ2n) is 4.23. The minimum atomic E-state index is -1.09. The predicted molar refractivity (Wildman–Crippen MR) is 56.4 cm³/mol. The molecular weight excluding hydrogens is 204 g/mol. The van der Waals surface area contributed by atoms with Crippen molar-refractivity contribution in [2.45, 2.75) is 19.3 Å². The molecule has 0 saturated heterocycles. The molecule has 1 saturated carbocycles. The highest BCUT2D eigenvalue weighted by atomic mass is 16.4. The zero-order valence-electron chi connectivity index (χ0n) is 8.89. The molecule has 0 aromatic heterocycles. The van der Waals surface area contributed by atoms with Gasteiger partial charge in [-0.25, -0.2) is 0 Å². The fourth-order valence-corrected chi connectivity index (χ4v) is 2.31. The largest absolute Gasteiger partial charge is 0.550 e. The van der Waals surface area contributed by atoms with E-state index in [4.69, 9.17) is 0 Å². The Morgan fingerprint density at radius 2 is 2.00 bits per heavy atom. The van der Waals surface area contributed by atoms with Crippen LogP contribution in [0.1, 0.15) is 18.4 Å². The molecule has 3 nitrogen and oxygen atoms in total. The van der Waals surface area contributed by atoms with Crippen molar-refractivity contribution >= 4 is 11.8 Å². The number of carbonyl (C=O) groups excluding carboxylic acids is 2. The first-order valence-electron chi connectivity index (χ1n) is 5.46. The van der Waals surface area contributed by atoms with Crippen molar-refractivity contribution in [2.24, 2.45) is 11.8 Å². The maximum atomic E-state index is 11.6. The zero-order chi connectivity index (χ0) is 11.5. The number of ketones is 1. The molecule has 2 rings (SSSR count). The van der Waals surface area contributed by atoms with E-state index in [1.54, 1.807) is 0 Å². The summed E-state index contributed by atoms with van der Waals surface area (Å²) in [6.07, 6.45) is 1.31. The van der Waals surface area contributed by atoms with Crippen molar-refractivity contribution in [2.75, 3.05) is 0 Å². The van der Waals surface area contributed by atoms with Gasteiger partial charge in [0.15, 0.2) is 0 Å². The molecule has 1 aromatic rings. The van der Waals surface area contributed by atoms with E-state index in [1.165, 1.54) is 0 Å². The lowest BCUT2D eigenvalue weighted by molar-refractivity contribution is -0.312. The Morgan fingerprint density at radius 3 is 2.62 bits per heavy atom. The number of carboxylic acid groups (broad SMARTS) is 1. The van der Waals surface area contributed by atoms with Crippen LogP contribution < -0.4 is 5.11 Å². The van der Waals surface area contributed by atoms with E-state index in [1.807, 2.05) is 30.3 Å². The van der Waals surface area contributed by atoms with Crippen molar-refractivity contribution in [3.8, 4) is 0 Å². The number of carbonyl (C=O) groups is 2. The number of Topliss-reactive ketones (excluding diaryl/α,β-unsaturated/α-hetero) is 1. The Kier molecular flexibility index (Phi) is 3.04. The number of hydrogen-bond acceptors (Lipinski definition) is 3. The van der Waals surface area contributed by atoms with E-state index in [9.17, 15) is 14.7 Å². The van der Waals surface area contributed by atoms with Crippen LogP contribution in [0, 0.1) is 11.8 Å². The van der Waals surface area contributed by atoms with Crippen LogP contribution in [0.25, 0.3) is 0 Å². The number of carboxylic acids is 1. The average molecular weight is 217 g/mol. The zero-order valence-corrected chi connectivity index (χ0v) is 8.89. The van der Waals surface area contributed by atoms with Crippen molar-refractivity contribution in [3.05, 3.63) is 35.9 Å². The summed E-state index contributed by atoms with van der Waals surface area (Å²) in [6, 6.07) is 9.51. The molecule has 0 aliphatic heterocycles. The molecule has 0 bridgehead atoms. The molecule has 0 N–H and O–H groups in total. The van der Waals surface area contributed by atoms with Crippen molar-refractivity contribution in [3.63, 3.8) is 0 Å². The Balaban J connectivity index is 2.13. The summed E-state index contributed by atoms with van der Waals surface area (Å²) in [5.41, 5.74) is 1.01. The van der Waals surface area contributed by atoms with Gasteiger partial charge in [-0.05, 0) is 18.4 Å². The molecule has 0 spiro atoms. The van der Waals surface area contributed by atoms with Gasteiger partial charge in [-0.3, -0.25) is 4.79 Å². The van der Waals surface area contributed by atoms with Gasteiger partial charge in [-0.15, -0.1) is 0 Å². The van der Waals surface area contributed by atoms with Gasteiger partial charge in [0.05, 0.1) is 0 Å². The first kappa shape index (κ1) is 10.9. The lowest BCUT2D eigenvalue weighted by Crippen LogP contribution is -2.35. The lowest BCUT2D eigenvalue weighted by Gasteiger charge is -2.19. The molecule has 0 amide bonds. The summed E-state index contributed by atoms with van der Waals surface area (Å²) in [6.45, 7) is 0. The molecule has 0 radical (unpaired) electrons. The van der Waals surface area contributed by atoms with E-state index in [0.717, 1.165) is 5.56 Å². The lowest BCUT2D eigenvalue weighted by atomic mass is 9.89. The second-order valence-corrected chi connectivity index (χ2v) is 4.23. The van der Waals surface area contributed by atoms with Crippen LogP contribution in [0.4, 0.5) is 0 Å². The van der Waals surface area contributed by atoms with E-state index in [-0.39, 0.29) is 5.78 Å². The molecule has 0 unspecified atom stereocenters. The normalized spacial score (nSPS) is 24.6. The van der Waals surface area contributed by atoms with Gasteiger partial charge >= 0.3 is 0 Å². The summed E-state index contributed by atoms with van der Waals surface area (Å²) in [5.74, 6) is -2.04. The highest BCUT2D eigenvalue weighted by Crippen LogP contribution is 2.31. The smallest absolute Gasteiger partial charge is 0.136 e. The third-order valence-corrected chi connectivity index (χ3v) is 3.20. The van der Waals surface area contributed by atoms with Crippen LogP contribution in [0.15, 0.2) is 30.3 Å². The quantitative estimate of drug-likeness (QED) is 0.744. The van der Waals surface area contributed by atoms with Crippen LogP contribution >= 0.6 is 0 Å². The van der Waals surface area contributed by atoms with Crippen LogP contribution in [-0.4, -0.2) is 11.8 Å². The van der Waals surface area contributed by atoms with Crippen LogP contribution in [0.2, 0.25) is 0 Å². The summed E-state index contributed by atoms with van der Waals surface area (Å²) >= 11 is 0. The number of aliphatic carboxylic acids is 1. The molecule has 1 aromatic carbocycles. The van der Waals surface area contributed by atoms with Gasteiger partial charge in [0, 0.05) is 24.2 Å². The average Bonchev–Trinajstić information content (AvgIpc) is 2.62. The highest BCUT2D eigenvalue weighted by Gasteiger charge is 2.35. The summed E-state index contributed by atoms with van der Waals surface area (Å²) in [7, 11) is 0. The Hall–Kier alpha value is -1.64. The number of rotatable bonds is 3. The molecule has 2 atom stereocenters. The molecular formula is C13H13O3-. The summed E-state index contributed by atoms with van der Waals surface area (Å²) in [5, 5.41) is 10.9. The third-order valence-electron chi connectivity index (χ3n) is 3.20. The maximum Gasteiger partial charge on any atom is 0.136 e. The minimum absolute atomic E-state index is 0.0538. The van der Waals surface area contributed by atoms with Gasteiger partial charge < -0.3 is 9.90 Å². The first-order valence-corrected chi connectivity index (χ1v) is 5.46. The highest BCUT2D eigenvalue weighted by molar-refractivity contribution is 5.89. The Morgan fingerprint density at radius 1 is 1.31 bits per heavy atom. The standard InChI is InChI=1S/C13H14O3/c14-12-7-6-10(13(15)16)11(12)8-9-4-2-1-3-5-9/h1-5,10-11H,6-8H2,(H,15,16)/p-1/t10-,11+/m0/s1. The van der Waals surface area contributed by atoms with E-state index >= 15 is 0 Å². The monoisotopic (exact) mass is 217 g/mol. The van der Waals surface area contributed by atoms with E-state index < -0.39 is 17.8 Å². The molecule has 3 heteroatoms. The summed E-state index contributed by atoms with van der Waals surface area (Å²) in [4.78, 5) is 22.5. The molecule has 1 fully saturated rings. The van der Waals surface area contributed by atoms with Crippen LogP contribution in [0.5, 0.6) is 0 Å². The van der Waals surface area contributed by atoms with Gasteiger partial charge in [0.25, 0.3) is 0 Å². The van der Waals surface area contributed by atoms with Crippen molar-refractivity contribution in [1.29, 1.82) is 0 Å². The Labute approximate surface area is 94.1 Å². The van der Waals surface area contributed by atoms with Crippen LogP contribution in [-0.2, 0) is 16.0 Å². The fraction of sp³-hybridized carbons (Fsp3) is 0.385. The minimum Gasteiger partial charge on any atom is -0.550 e. The molecule has 84 valence electrons. The second kappa shape index (κ2) is 4.47. The Bertz CT molecular complexity index is 397. The summed E-state index contributed by atoms with van der Waals surface area (Å²) < 4.78 is 0. The van der Waals surface area contributed by atoms with E-state index in [0.29, 0.717) is 19.3 Å². The third kappa shape index (κ3) is 2.13. The molecule has 1 aliphatic carbocycles. The van der Waals surface area contributed by atoms with Gasteiger partial charge in [0.2, 0.25) is 0 Å². The molecule has 1 aliphatic rings.